The van der Waals surface area contributed by atoms with E-state index in [-0.39, 0.29) is 35.5 Å². The van der Waals surface area contributed by atoms with Crippen molar-refractivity contribution in [1.29, 1.82) is 0 Å². The lowest BCUT2D eigenvalue weighted by molar-refractivity contribution is 0.0623. The third-order valence-corrected chi connectivity index (χ3v) is 5.51. The van der Waals surface area contributed by atoms with E-state index >= 15 is 0 Å². The standard InChI is InChI=1S/C25H31FN2O4/c1-7-20(29)24-21(30-6)12-16(13-22(24)31-23(26)8-2)18-14-27-28-15-17(10-11-19(18)28)32-25(4,5)9-3/h10-15,23H,7-9H2,1-6H3. The first kappa shape index (κ1) is 23.6. The Morgan fingerprint density at radius 3 is 2.53 bits per heavy atom. The first-order chi connectivity index (χ1) is 15.2. The molecule has 0 spiro atoms. The summed E-state index contributed by atoms with van der Waals surface area (Å²) in [5, 5.41) is 4.46. The van der Waals surface area contributed by atoms with Gasteiger partial charge in [-0.05, 0) is 50.1 Å². The van der Waals surface area contributed by atoms with Crippen LogP contribution in [0.1, 0.15) is 64.2 Å². The number of hydrogen-bond donors (Lipinski definition) is 0. The molecule has 6 nitrogen and oxygen atoms in total. The van der Waals surface area contributed by atoms with Crippen LogP contribution >= 0.6 is 0 Å². The average molecular weight is 443 g/mol. The van der Waals surface area contributed by atoms with E-state index in [0.717, 1.165) is 17.5 Å². The lowest BCUT2D eigenvalue weighted by Gasteiger charge is -2.24. The summed E-state index contributed by atoms with van der Waals surface area (Å²) >= 11 is 0. The maximum Gasteiger partial charge on any atom is 0.238 e. The van der Waals surface area contributed by atoms with Crippen molar-refractivity contribution in [3.8, 4) is 28.4 Å². The average Bonchev–Trinajstić information content (AvgIpc) is 3.20. The highest BCUT2D eigenvalue weighted by atomic mass is 19.1. The number of ketones is 1. The van der Waals surface area contributed by atoms with Crippen LogP contribution in [0.4, 0.5) is 4.39 Å². The largest absolute Gasteiger partial charge is 0.496 e. The number of aromatic nitrogens is 2. The van der Waals surface area contributed by atoms with Gasteiger partial charge in [-0.25, -0.2) is 8.91 Å². The molecule has 0 bridgehead atoms. The fourth-order valence-corrected chi connectivity index (χ4v) is 3.31. The molecule has 0 fully saturated rings. The lowest BCUT2D eigenvalue weighted by Crippen LogP contribution is -2.26. The Balaban J connectivity index is 2.10. The van der Waals surface area contributed by atoms with Gasteiger partial charge in [0.25, 0.3) is 0 Å². The molecule has 7 heteroatoms. The molecule has 2 heterocycles. The molecule has 3 aromatic rings. The fraction of sp³-hybridized carbons (Fsp3) is 0.440. The molecule has 1 atom stereocenters. The zero-order valence-electron chi connectivity index (χ0n) is 19.6. The van der Waals surface area contributed by atoms with Gasteiger partial charge in [0.2, 0.25) is 6.36 Å². The molecule has 0 aliphatic rings. The van der Waals surface area contributed by atoms with Crippen molar-refractivity contribution in [3.05, 3.63) is 42.2 Å². The van der Waals surface area contributed by atoms with E-state index in [4.69, 9.17) is 14.2 Å². The Morgan fingerprint density at radius 1 is 1.19 bits per heavy atom. The SMILES string of the molecule is CCC(=O)c1c(OC)cc(-c2cnn3cc(OC(C)(C)CC)ccc23)cc1OC(F)CC. The highest BCUT2D eigenvalue weighted by molar-refractivity contribution is 6.02. The van der Waals surface area contributed by atoms with Gasteiger partial charge in [0.05, 0.1) is 25.0 Å². The number of carbonyl (C=O) groups is 1. The molecule has 2 aromatic heterocycles. The van der Waals surface area contributed by atoms with E-state index in [2.05, 4.69) is 12.0 Å². The van der Waals surface area contributed by atoms with E-state index in [1.54, 1.807) is 36.7 Å². The molecular formula is C25H31FN2O4. The Morgan fingerprint density at radius 2 is 1.91 bits per heavy atom. The van der Waals surface area contributed by atoms with Crippen molar-refractivity contribution in [1.82, 2.24) is 9.61 Å². The Labute approximate surface area is 188 Å². The van der Waals surface area contributed by atoms with E-state index in [1.165, 1.54) is 7.11 Å². The van der Waals surface area contributed by atoms with Crippen molar-refractivity contribution in [2.45, 2.75) is 65.8 Å². The summed E-state index contributed by atoms with van der Waals surface area (Å²) in [5.41, 5.74) is 2.32. The number of hydrogen-bond acceptors (Lipinski definition) is 5. The van der Waals surface area contributed by atoms with Gasteiger partial charge in [-0.3, -0.25) is 4.79 Å². The van der Waals surface area contributed by atoms with Crippen molar-refractivity contribution in [2.75, 3.05) is 7.11 Å². The molecule has 3 rings (SSSR count). The normalized spacial score (nSPS) is 12.6. The molecule has 0 radical (unpaired) electrons. The number of pyridine rings is 1. The first-order valence-corrected chi connectivity index (χ1v) is 11.0. The number of fused-ring (bicyclic) bond motifs is 1. The van der Waals surface area contributed by atoms with Gasteiger partial charge in [-0.1, -0.05) is 20.8 Å². The van der Waals surface area contributed by atoms with Gasteiger partial charge in [-0.2, -0.15) is 5.10 Å². The molecule has 0 saturated carbocycles. The monoisotopic (exact) mass is 442 g/mol. The number of rotatable bonds is 10. The number of halogens is 1. The lowest BCUT2D eigenvalue weighted by atomic mass is 9.99. The van der Waals surface area contributed by atoms with Gasteiger partial charge in [0.1, 0.15) is 28.4 Å². The molecule has 0 aliphatic carbocycles. The molecule has 32 heavy (non-hydrogen) atoms. The number of methoxy groups -OCH3 is 1. The summed E-state index contributed by atoms with van der Waals surface area (Å²) in [7, 11) is 1.48. The second kappa shape index (κ2) is 9.59. The zero-order chi connectivity index (χ0) is 23.5. The van der Waals surface area contributed by atoms with Gasteiger partial charge < -0.3 is 14.2 Å². The van der Waals surface area contributed by atoms with Crippen LogP contribution in [-0.2, 0) is 0 Å². The minimum atomic E-state index is -1.52. The third-order valence-electron chi connectivity index (χ3n) is 5.51. The molecule has 0 saturated heterocycles. The van der Waals surface area contributed by atoms with Gasteiger partial charge in [-0.15, -0.1) is 0 Å². The van der Waals surface area contributed by atoms with Gasteiger partial charge in [0, 0.05) is 18.4 Å². The van der Waals surface area contributed by atoms with Gasteiger partial charge >= 0.3 is 0 Å². The number of alkyl halides is 1. The number of Topliss-reactive ketones (excluding diaryl/α,β-unsaturated/α-hetero) is 1. The number of nitrogens with zero attached hydrogens (tertiary/aromatic N) is 2. The molecular weight excluding hydrogens is 411 g/mol. The predicted molar refractivity (Wildman–Crippen MR) is 123 cm³/mol. The summed E-state index contributed by atoms with van der Waals surface area (Å²) in [6.07, 6.45) is 3.31. The third kappa shape index (κ3) is 4.87. The van der Waals surface area contributed by atoms with Crippen LogP contribution in [0.2, 0.25) is 0 Å². The van der Waals surface area contributed by atoms with E-state index in [1.807, 2.05) is 32.2 Å². The Bertz CT molecular complexity index is 1110. The quantitative estimate of drug-likeness (QED) is 0.347. The molecule has 0 amide bonds. The van der Waals surface area contributed by atoms with Crippen molar-refractivity contribution >= 4 is 11.3 Å². The summed E-state index contributed by atoms with van der Waals surface area (Å²) in [6.45, 7) is 9.57. The number of benzene rings is 1. The minimum absolute atomic E-state index is 0.167. The number of ether oxygens (including phenoxy) is 3. The van der Waals surface area contributed by atoms with Crippen LogP contribution in [0.3, 0.4) is 0 Å². The topological polar surface area (TPSA) is 62.1 Å². The molecule has 0 N–H and O–H groups in total. The minimum Gasteiger partial charge on any atom is -0.496 e. The van der Waals surface area contributed by atoms with E-state index in [0.29, 0.717) is 17.1 Å². The highest BCUT2D eigenvalue weighted by Gasteiger charge is 2.23. The fourth-order valence-electron chi connectivity index (χ4n) is 3.31. The van der Waals surface area contributed by atoms with Crippen LogP contribution in [0.15, 0.2) is 36.7 Å². The summed E-state index contributed by atoms with van der Waals surface area (Å²) < 4.78 is 32.9. The highest BCUT2D eigenvalue weighted by Crippen LogP contribution is 2.38. The Hall–Kier alpha value is -3.09. The predicted octanol–water partition coefficient (Wildman–Crippen LogP) is 6.25. The number of carbonyl (C=O) groups excluding carboxylic acids is 1. The van der Waals surface area contributed by atoms with E-state index in [9.17, 15) is 9.18 Å². The summed E-state index contributed by atoms with van der Waals surface area (Å²) in [5.74, 6) is 1.06. The second-order valence-electron chi connectivity index (χ2n) is 8.23. The maximum absolute atomic E-state index is 14.1. The second-order valence-corrected chi connectivity index (χ2v) is 8.23. The first-order valence-electron chi connectivity index (χ1n) is 11.0. The van der Waals surface area contributed by atoms with Gasteiger partial charge in [0.15, 0.2) is 5.78 Å². The molecule has 1 aromatic carbocycles. The summed E-state index contributed by atoms with van der Waals surface area (Å²) in [6, 6.07) is 7.26. The van der Waals surface area contributed by atoms with Crippen LogP contribution in [-0.4, -0.2) is 34.5 Å². The molecule has 172 valence electrons. The van der Waals surface area contributed by atoms with Crippen LogP contribution in [0, 0.1) is 0 Å². The molecule has 1 unspecified atom stereocenters. The van der Waals surface area contributed by atoms with Crippen molar-refractivity contribution in [3.63, 3.8) is 0 Å². The van der Waals surface area contributed by atoms with Crippen LogP contribution in [0.5, 0.6) is 17.2 Å². The Kier molecular flexibility index (Phi) is 7.06. The van der Waals surface area contributed by atoms with Crippen LogP contribution < -0.4 is 14.2 Å². The smallest absolute Gasteiger partial charge is 0.238 e. The van der Waals surface area contributed by atoms with Crippen LogP contribution in [0.25, 0.3) is 16.6 Å². The van der Waals surface area contributed by atoms with E-state index < -0.39 is 6.36 Å². The van der Waals surface area contributed by atoms with Crippen molar-refractivity contribution < 1.29 is 23.4 Å². The maximum atomic E-state index is 14.1. The molecule has 0 aliphatic heterocycles. The summed E-state index contributed by atoms with van der Waals surface area (Å²) in [4.78, 5) is 12.6. The van der Waals surface area contributed by atoms with Crippen molar-refractivity contribution in [2.24, 2.45) is 0 Å². The zero-order valence-corrected chi connectivity index (χ0v) is 19.6.